The van der Waals surface area contributed by atoms with Gasteiger partial charge >= 0.3 is 0 Å². The Bertz CT molecular complexity index is 503. The number of hydrogen-bond acceptors (Lipinski definition) is 3. The summed E-state index contributed by atoms with van der Waals surface area (Å²) >= 11 is 0. The first kappa shape index (κ1) is 16.2. The van der Waals surface area contributed by atoms with Crippen LogP contribution in [0.3, 0.4) is 0 Å². The lowest BCUT2D eigenvalue weighted by atomic mass is 10.0. The molecule has 0 saturated heterocycles. The van der Waals surface area contributed by atoms with Gasteiger partial charge in [-0.3, -0.25) is 0 Å². The molecule has 1 aromatic rings. The van der Waals surface area contributed by atoms with Gasteiger partial charge in [0.05, 0.1) is 10.1 Å². The van der Waals surface area contributed by atoms with Crippen LogP contribution in [-0.4, -0.2) is 25.8 Å². The summed E-state index contributed by atoms with van der Waals surface area (Å²) in [6.07, 6.45) is 0.963. The van der Waals surface area contributed by atoms with Crippen LogP contribution in [0.2, 0.25) is 0 Å². The fraction of sp³-hybridized carbons (Fsp3) is 0.600. The van der Waals surface area contributed by atoms with Crippen LogP contribution in [0, 0.1) is 6.92 Å². The van der Waals surface area contributed by atoms with Crippen LogP contribution in [0.4, 0.5) is 0 Å². The Labute approximate surface area is 117 Å². The molecule has 0 aliphatic heterocycles. The van der Waals surface area contributed by atoms with Gasteiger partial charge < -0.3 is 5.32 Å². The molecule has 4 heteroatoms. The normalized spacial score (nSPS) is 14.4. The van der Waals surface area contributed by atoms with E-state index < -0.39 is 15.1 Å². The van der Waals surface area contributed by atoms with Gasteiger partial charge in [-0.25, -0.2) is 8.42 Å². The largest absolute Gasteiger partial charge is 0.311 e. The third-order valence-electron chi connectivity index (χ3n) is 3.63. The van der Waals surface area contributed by atoms with E-state index in [0.717, 1.165) is 12.0 Å². The zero-order valence-electron chi connectivity index (χ0n) is 12.5. The van der Waals surface area contributed by atoms with Crippen molar-refractivity contribution >= 4 is 9.84 Å². The monoisotopic (exact) mass is 283 g/mol. The Morgan fingerprint density at radius 3 is 2.21 bits per heavy atom. The van der Waals surface area contributed by atoms with E-state index in [4.69, 9.17) is 0 Å². The highest BCUT2D eigenvalue weighted by Crippen LogP contribution is 2.17. The molecule has 0 radical (unpaired) electrons. The highest BCUT2D eigenvalue weighted by molar-refractivity contribution is 7.92. The van der Waals surface area contributed by atoms with Crippen molar-refractivity contribution in [3.63, 3.8) is 0 Å². The third-order valence-corrected chi connectivity index (χ3v) is 5.79. The number of hydrogen-bond donors (Lipinski definition) is 1. The molecule has 0 aliphatic rings. The van der Waals surface area contributed by atoms with Gasteiger partial charge in [0.1, 0.15) is 0 Å². The van der Waals surface area contributed by atoms with Gasteiger partial charge in [0.15, 0.2) is 9.84 Å². The summed E-state index contributed by atoms with van der Waals surface area (Å²) in [5.74, 6) is 0. The summed E-state index contributed by atoms with van der Waals surface area (Å²) in [6.45, 7) is 10.4. The molecule has 0 spiro atoms. The topological polar surface area (TPSA) is 46.2 Å². The van der Waals surface area contributed by atoms with E-state index in [1.165, 1.54) is 0 Å². The first-order valence-electron chi connectivity index (χ1n) is 6.74. The van der Waals surface area contributed by atoms with Crippen molar-refractivity contribution in [3.8, 4) is 0 Å². The van der Waals surface area contributed by atoms with Gasteiger partial charge in [-0.2, -0.15) is 0 Å². The molecule has 1 rings (SSSR count). The quantitative estimate of drug-likeness (QED) is 0.873. The molecular weight excluding hydrogens is 258 g/mol. The van der Waals surface area contributed by atoms with Crippen LogP contribution in [0.15, 0.2) is 29.2 Å². The molecule has 19 heavy (non-hydrogen) atoms. The summed E-state index contributed by atoms with van der Waals surface area (Å²) in [7, 11) is -3.25. The van der Waals surface area contributed by atoms with Crippen molar-refractivity contribution in [2.75, 3.05) is 6.54 Å². The van der Waals surface area contributed by atoms with Gasteiger partial charge in [0, 0.05) is 12.1 Å². The minimum Gasteiger partial charge on any atom is -0.311 e. The molecule has 0 aliphatic carbocycles. The number of benzene rings is 1. The number of sulfone groups is 1. The highest BCUT2D eigenvalue weighted by atomic mass is 32.2. The standard InChI is InChI=1S/C15H25NO2S/c1-6-15(4,5)16-11-13(3)19(17,18)14-9-7-12(2)8-10-14/h7-10,13,16H,6,11H2,1-5H3. The van der Waals surface area contributed by atoms with E-state index in [9.17, 15) is 8.42 Å². The van der Waals surface area contributed by atoms with Crippen LogP contribution in [0.5, 0.6) is 0 Å². The molecule has 0 saturated carbocycles. The second-order valence-corrected chi connectivity index (χ2v) is 8.15. The summed E-state index contributed by atoms with van der Waals surface area (Å²) in [6, 6.07) is 7.05. The fourth-order valence-electron chi connectivity index (χ4n) is 1.61. The smallest absolute Gasteiger partial charge is 0.182 e. The lowest BCUT2D eigenvalue weighted by Crippen LogP contribution is -2.44. The molecule has 1 aromatic carbocycles. The minimum atomic E-state index is -3.25. The van der Waals surface area contributed by atoms with Crippen molar-refractivity contribution in [2.24, 2.45) is 0 Å². The average Bonchev–Trinajstić information content (AvgIpc) is 2.36. The second-order valence-electron chi connectivity index (χ2n) is 5.79. The molecule has 0 amide bonds. The van der Waals surface area contributed by atoms with E-state index in [2.05, 4.69) is 26.1 Å². The van der Waals surface area contributed by atoms with Crippen molar-refractivity contribution in [3.05, 3.63) is 29.8 Å². The summed E-state index contributed by atoms with van der Waals surface area (Å²) in [5, 5.41) is 2.89. The van der Waals surface area contributed by atoms with Crippen LogP contribution < -0.4 is 5.32 Å². The molecular formula is C15H25NO2S. The van der Waals surface area contributed by atoms with Gasteiger partial charge in [-0.1, -0.05) is 24.6 Å². The Morgan fingerprint density at radius 1 is 1.21 bits per heavy atom. The molecule has 1 N–H and O–H groups in total. The van der Waals surface area contributed by atoms with E-state index in [-0.39, 0.29) is 5.54 Å². The van der Waals surface area contributed by atoms with E-state index in [1.807, 2.05) is 19.1 Å². The maximum absolute atomic E-state index is 12.4. The predicted octanol–water partition coefficient (Wildman–Crippen LogP) is 2.94. The maximum atomic E-state index is 12.4. The van der Waals surface area contributed by atoms with Crippen LogP contribution in [-0.2, 0) is 9.84 Å². The SMILES string of the molecule is CCC(C)(C)NCC(C)S(=O)(=O)c1ccc(C)cc1. The average molecular weight is 283 g/mol. The van der Waals surface area contributed by atoms with Gasteiger partial charge in [0.25, 0.3) is 0 Å². The first-order valence-corrected chi connectivity index (χ1v) is 8.29. The molecule has 1 atom stereocenters. The van der Waals surface area contributed by atoms with Crippen LogP contribution in [0.1, 0.15) is 39.7 Å². The van der Waals surface area contributed by atoms with Crippen molar-refractivity contribution in [1.29, 1.82) is 0 Å². The van der Waals surface area contributed by atoms with E-state index in [0.29, 0.717) is 11.4 Å². The first-order chi connectivity index (χ1) is 8.69. The fourth-order valence-corrected chi connectivity index (χ4v) is 2.90. The summed E-state index contributed by atoms with van der Waals surface area (Å²) in [4.78, 5) is 0.404. The number of rotatable bonds is 6. The lowest BCUT2D eigenvalue weighted by Gasteiger charge is -2.26. The van der Waals surface area contributed by atoms with Crippen LogP contribution >= 0.6 is 0 Å². The van der Waals surface area contributed by atoms with Crippen molar-refractivity contribution < 1.29 is 8.42 Å². The zero-order valence-corrected chi connectivity index (χ0v) is 13.3. The third kappa shape index (κ3) is 4.32. The highest BCUT2D eigenvalue weighted by Gasteiger charge is 2.25. The predicted molar refractivity (Wildman–Crippen MR) is 80.2 cm³/mol. The molecule has 1 unspecified atom stereocenters. The maximum Gasteiger partial charge on any atom is 0.182 e. The molecule has 0 bridgehead atoms. The van der Waals surface area contributed by atoms with Crippen molar-refractivity contribution in [2.45, 2.75) is 56.7 Å². The van der Waals surface area contributed by atoms with Gasteiger partial charge in [-0.05, 0) is 46.2 Å². The number of nitrogens with one attached hydrogen (secondary N) is 1. The Kier molecular flexibility index (Phi) is 5.16. The Balaban J connectivity index is 2.80. The van der Waals surface area contributed by atoms with Gasteiger partial charge in [-0.15, -0.1) is 0 Å². The minimum absolute atomic E-state index is 0.0307. The van der Waals surface area contributed by atoms with Crippen molar-refractivity contribution in [1.82, 2.24) is 5.32 Å². The Morgan fingerprint density at radius 2 is 1.74 bits per heavy atom. The van der Waals surface area contributed by atoms with Gasteiger partial charge in [0.2, 0.25) is 0 Å². The zero-order chi connectivity index (χ0) is 14.7. The van der Waals surface area contributed by atoms with E-state index >= 15 is 0 Å². The second kappa shape index (κ2) is 6.06. The molecule has 0 aromatic heterocycles. The molecule has 108 valence electrons. The van der Waals surface area contributed by atoms with Crippen LogP contribution in [0.25, 0.3) is 0 Å². The summed E-state index contributed by atoms with van der Waals surface area (Å²) < 4.78 is 24.8. The lowest BCUT2D eigenvalue weighted by molar-refractivity contribution is 0.377. The van der Waals surface area contributed by atoms with E-state index in [1.54, 1.807) is 19.1 Å². The molecule has 3 nitrogen and oxygen atoms in total. The molecule has 0 heterocycles. The Hall–Kier alpha value is -0.870. The summed E-state index contributed by atoms with van der Waals surface area (Å²) in [5.41, 5.74) is 1.04. The number of aryl methyl sites for hydroxylation is 1. The molecule has 0 fully saturated rings.